The molecule has 1 N–H and O–H groups in total. The second-order valence-corrected chi connectivity index (χ2v) is 7.25. The Balaban J connectivity index is 1.99. The molecule has 2 aromatic rings. The number of hydrogen-bond donors (Lipinski definition) is 1. The van der Waals surface area contributed by atoms with Crippen LogP contribution in [-0.2, 0) is 26.1 Å². The number of benzene rings is 2. The van der Waals surface area contributed by atoms with Crippen molar-refractivity contribution in [2.45, 2.75) is 12.7 Å². The van der Waals surface area contributed by atoms with Crippen molar-refractivity contribution in [2.75, 3.05) is 18.2 Å². The molecule has 0 spiro atoms. The second kappa shape index (κ2) is 9.04. The van der Waals surface area contributed by atoms with Crippen LogP contribution in [0.2, 0.25) is 0 Å². The predicted molar refractivity (Wildman–Crippen MR) is 101 cm³/mol. The smallest absolute Gasteiger partial charge is 0.338 e. The summed E-state index contributed by atoms with van der Waals surface area (Å²) in [5.41, 5.74) is 1.41. The molecule has 0 fully saturated rings. The first-order valence-electron chi connectivity index (χ1n) is 7.87. The first kappa shape index (κ1) is 20.2. The van der Waals surface area contributed by atoms with Gasteiger partial charge in [-0.05, 0) is 36.2 Å². The van der Waals surface area contributed by atoms with E-state index in [0.29, 0.717) is 16.9 Å². The molecule has 2 aromatic carbocycles. The molecule has 1 unspecified atom stereocenters. The summed E-state index contributed by atoms with van der Waals surface area (Å²) in [4.78, 5) is 34.5. The molecule has 0 aromatic heterocycles. The third kappa shape index (κ3) is 6.00. The Bertz CT molecular complexity index is 912. The lowest BCUT2D eigenvalue weighted by Crippen LogP contribution is -2.21. The Kier molecular flexibility index (Phi) is 6.78. The number of nitro benzene ring substituents is 1. The molecule has 0 aliphatic rings. The zero-order chi connectivity index (χ0) is 20.0. The highest BCUT2D eigenvalue weighted by atomic mass is 32.2. The predicted octanol–water partition coefficient (Wildman–Crippen LogP) is 2.58. The van der Waals surface area contributed by atoms with E-state index in [1.807, 2.05) is 0 Å². The quantitative estimate of drug-likeness (QED) is 0.441. The Morgan fingerprint density at radius 3 is 2.63 bits per heavy atom. The van der Waals surface area contributed by atoms with Gasteiger partial charge in [0, 0.05) is 28.9 Å². The molecule has 0 aliphatic carbocycles. The van der Waals surface area contributed by atoms with Gasteiger partial charge < -0.3 is 10.1 Å². The van der Waals surface area contributed by atoms with Gasteiger partial charge in [0.25, 0.3) is 11.6 Å². The van der Waals surface area contributed by atoms with Crippen LogP contribution in [0, 0.1) is 17.0 Å². The number of amides is 1. The summed E-state index contributed by atoms with van der Waals surface area (Å²) in [6, 6.07) is 10.8. The number of nitrogens with zero attached hydrogens (tertiary/aromatic N) is 1. The molecular formula is C18H18N2O6S. The lowest BCUT2D eigenvalue weighted by molar-refractivity contribution is -0.384. The number of aryl methyl sites for hydroxylation is 1. The van der Waals surface area contributed by atoms with Gasteiger partial charge in [0.05, 0.1) is 10.5 Å². The molecule has 142 valence electrons. The number of carbonyl (C=O) groups is 2. The SMILES string of the molecule is Cc1ccc(NC(=O)COC(=O)c2cccc(CS(C)=O)c2)c([N+](=O)[O-])c1. The van der Waals surface area contributed by atoms with Gasteiger partial charge in [0.15, 0.2) is 6.61 Å². The molecule has 2 rings (SSSR count). The van der Waals surface area contributed by atoms with Crippen LogP contribution in [-0.4, -0.2) is 33.9 Å². The summed E-state index contributed by atoms with van der Waals surface area (Å²) >= 11 is 0. The fourth-order valence-corrected chi connectivity index (χ4v) is 2.97. The number of hydrogen-bond acceptors (Lipinski definition) is 6. The van der Waals surface area contributed by atoms with E-state index >= 15 is 0 Å². The Morgan fingerprint density at radius 2 is 1.96 bits per heavy atom. The fourth-order valence-electron chi connectivity index (χ4n) is 2.32. The van der Waals surface area contributed by atoms with Crippen molar-refractivity contribution in [3.8, 4) is 0 Å². The van der Waals surface area contributed by atoms with Crippen molar-refractivity contribution in [1.29, 1.82) is 0 Å². The summed E-state index contributed by atoms with van der Waals surface area (Å²) in [5.74, 6) is -1.10. The maximum absolute atomic E-state index is 12.1. The summed E-state index contributed by atoms with van der Waals surface area (Å²) in [7, 11) is -1.05. The fraction of sp³-hybridized carbons (Fsp3) is 0.222. The van der Waals surface area contributed by atoms with Gasteiger partial charge in [-0.25, -0.2) is 4.79 Å². The molecule has 1 amide bonds. The largest absolute Gasteiger partial charge is 0.452 e. The minimum atomic E-state index is -1.05. The maximum Gasteiger partial charge on any atom is 0.338 e. The van der Waals surface area contributed by atoms with Crippen LogP contribution in [0.3, 0.4) is 0 Å². The van der Waals surface area contributed by atoms with Crippen molar-refractivity contribution < 1.29 is 23.5 Å². The highest BCUT2D eigenvalue weighted by molar-refractivity contribution is 7.83. The third-order valence-corrected chi connectivity index (χ3v) is 4.23. The molecule has 8 nitrogen and oxygen atoms in total. The molecule has 0 heterocycles. The van der Waals surface area contributed by atoms with E-state index in [1.165, 1.54) is 18.2 Å². The monoisotopic (exact) mass is 390 g/mol. The molecule has 9 heteroatoms. The third-order valence-electron chi connectivity index (χ3n) is 3.49. The van der Waals surface area contributed by atoms with E-state index in [9.17, 15) is 23.9 Å². The Hall–Kier alpha value is -3.07. The number of ether oxygens (including phenoxy) is 1. The molecule has 0 saturated carbocycles. The maximum atomic E-state index is 12.1. The molecule has 27 heavy (non-hydrogen) atoms. The van der Waals surface area contributed by atoms with E-state index in [2.05, 4.69) is 5.32 Å². The van der Waals surface area contributed by atoms with Crippen LogP contribution in [0.15, 0.2) is 42.5 Å². The van der Waals surface area contributed by atoms with Crippen LogP contribution < -0.4 is 5.32 Å². The topological polar surface area (TPSA) is 116 Å². The normalized spacial score (nSPS) is 11.5. The standard InChI is InChI=1S/C18H18N2O6S/c1-12-6-7-15(16(8-12)20(23)24)19-17(21)10-26-18(22)14-5-3-4-13(9-14)11-27(2)25/h3-9H,10-11H2,1-2H3,(H,19,21). The summed E-state index contributed by atoms with van der Waals surface area (Å²) < 4.78 is 16.2. The molecule has 0 radical (unpaired) electrons. The van der Waals surface area contributed by atoms with Crippen molar-refractivity contribution in [3.63, 3.8) is 0 Å². The van der Waals surface area contributed by atoms with Crippen molar-refractivity contribution in [2.24, 2.45) is 0 Å². The van der Waals surface area contributed by atoms with E-state index < -0.39 is 34.2 Å². The minimum Gasteiger partial charge on any atom is -0.452 e. The van der Waals surface area contributed by atoms with Gasteiger partial charge >= 0.3 is 5.97 Å². The molecule has 1 atom stereocenters. The molecule has 0 aliphatic heterocycles. The highest BCUT2D eigenvalue weighted by Gasteiger charge is 2.17. The molecular weight excluding hydrogens is 372 g/mol. The van der Waals surface area contributed by atoms with Gasteiger partial charge in [-0.15, -0.1) is 0 Å². The van der Waals surface area contributed by atoms with Gasteiger partial charge in [0.2, 0.25) is 0 Å². The lowest BCUT2D eigenvalue weighted by Gasteiger charge is -2.08. The average molecular weight is 390 g/mol. The number of anilines is 1. The number of nitrogens with one attached hydrogen (secondary N) is 1. The lowest BCUT2D eigenvalue weighted by atomic mass is 10.1. The van der Waals surface area contributed by atoms with E-state index in [0.717, 1.165) is 0 Å². The van der Waals surface area contributed by atoms with Crippen LogP contribution in [0.1, 0.15) is 21.5 Å². The molecule has 0 saturated heterocycles. The highest BCUT2D eigenvalue weighted by Crippen LogP contribution is 2.25. The first-order valence-corrected chi connectivity index (χ1v) is 9.60. The molecule has 0 bridgehead atoms. The summed E-state index contributed by atoms with van der Waals surface area (Å²) in [5, 5.41) is 13.4. The van der Waals surface area contributed by atoms with Gasteiger partial charge in [-0.2, -0.15) is 0 Å². The van der Waals surface area contributed by atoms with Crippen LogP contribution in [0.5, 0.6) is 0 Å². The number of carbonyl (C=O) groups excluding carboxylic acids is 2. The van der Waals surface area contributed by atoms with Crippen molar-refractivity contribution in [1.82, 2.24) is 0 Å². The van der Waals surface area contributed by atoms with E-state index in [-0.39, 0.29) is 16.9 Å². The van der Waals surface area contributed by atoms with E-state index in [4.69, 9.17) is 4.74 Å². The second-order valence-electron chi connectivity index (χ2n) is 5.82. The van der Waals surface area contributed by atoms with E-state index in [1.54, 1.807) is 37.4 Å². The minimum absolute atomic E-state index is 0.0269. The Morgan fingerprint density at radius 1 is 1.22 bits per heavy atom. The summed E-state index contributed by atoms with van der Waals surface area (Å²) in [6.45, 7) is 1.11. The van der Waals surface area contributed by atoms with Crippen LogP contribution >= 0.6 is 0 Å². The van der Waals surface area contributed by atoms with Crippen LogP contribution in [0.25, 0.3) is 0 Å². The Labute approximate surface area is 158 Å². The zero-order valence-corrected chi connectivity index (χ0v) is 15.6. The zero-order valence-electron chi connectivity index (χ0n) is 14.8. The van der Waals surface area contributed by atoms with Gasteiger partial charge in [-0.3, -0.25) is 19.1 Å². The van der Waals surface area contributed by atoms with Crippen molar-refractivity contribution in [3.05, 3.63) is 69.3 Å². The average Bonchev–Trinajstić information content (AvgIpc) is 2.60. The number of esters is 1. The first-order chi connectivity index (χ1) is 12.8. The van der Waals surface area contributed by atoms with Crippen molar-refractivity contribution >= 4 is 34.1 Å². The number of nitro groups is 1. The summed E-state index contributed by atoms with van der Waals surface area (Å²) in [6.07, 6.45) is 1.56. The van der Waals surface area contributed by atoms with Gasteiger partial charge in [0.1, 0.15) is 5.69 Å². The van der Waals surface area contributed by atoms with Crippen LogP contribution in [0.4, 0.5) is 11.4 Å². The number of rotatable bonds is 7. The van der Waals surface area contributed by atoms with Gasteiger partial charge in [-0.1, -0.05) is 18.2 Å².